The zero-order chi connectivity index (χ0) is 15.2. The van der Waals surface area contributed by atoms with Gasteiger partial charge in [0, 0.05) is 25.2 Å². The summed E-state index contributed by atoms with van der Waals surface area (Å²) < 4.78 is 0. The van der Waals surface area contributed by atoms with Crippen molar-refractivity contribution in [1.82, 2.24) is 9.88 Å². The highest BCUT2D eigenvalue weighted by atomic mass is 16.2. The van der Waals surface area contributed by atoms with Crippen molar-refractivity contribution in [1.29, 1.82) is 5.26 Å². The van der Waals surface area contributed by atoms with Gasteiger partial charge in [-0.15, -0.1) is 0 Å². The summed E-state index contributed by atoms with van der Waals surface area (Å²) in [6.07, 6.45) is 5.76. The number of hydrogen-bond acceptors (Lipinski definition) is 4. The Kier molecular flexibility index (Phi) is 5.04. The number of amides is 1. The SMILES string of the molecule is CC(=O)CC1CCCCCN1C(=O)c1ccc(C#N)cn1. The Hall–Kier alpha value is -2.22. The van der Waals surface area contributed by atoms with Gasteiger partial charge in [0.25, 0.3) is 5.91 Å². The van der Waals surface area contributed by atoms with E-state index in [0.717, 1.165) is 25.7 Å². The third-order valence-electron chi connectivity index (χ3n) is 3.77. The van der Waals surface area contributed by atoms with E-state index in [1.807, 2.05) is 6.07 Å². The van der Waals surface area contributed by atoms with E-state index in [2.05, 4.69) is 4.98 Å². The van der Waals surface area contributed by atoms with E-state index in [4.69, 9.17) is 5.26 Å². The zero-order valence-corrected chi connectivity index (χ0v) is 12.2. The summed E-state index contributed by atoms with van der Waals surface area (Å²) >= 11 is 0. The molecule has 110 valence electrons. The van der Waals surface area contributed by atoms with Crippen molar-refractivity contribution >= 4 is 11.7 Å². The number of hydrogen-bond donors (Lipinski definition) is 0. The van der Waals surface area contributed by atoms with Crippen LogP contribution >= 0.6 is 0 Å². The molecular formula is C16H19N3O2. The Balaban J connectivity index is 2.19. The van der Waals surface area contributed by atoms with Crippen LogP contribution in [0.5, 0.6) is 0 Å². The van der Waals surface area contributed by atoms with Crippen molar-refractivity contribution in [2.24, 2.45) is 0 Å². The number of aromatic nitrogens is 1. The topological polar surface area (TPSA) is 74.1 Å². The number of likely N-dealkylation sites (tertiary alicyclic amines) is 1. The summed E-state index contributed by atoms with van der Waals surface area (Å²) in [5, 5.41) is 8.77. The van der Waals surface area contributed by atoms with Crippen LogP contribution in [0.3, 0.4) is 0 Å². The smallest absolute Gasteiger partial charge is 0.272 e. The Labute approximate surface area is 124 Å². The minimum atomic E-state index is -0.146. The van der Waals surface area contributed by atoms with Gasteiger partial charge in [0.1, 0.15) is 17.5 Å². The molecule has 1 fully saturated rings. The van der Waals surface area contributed by atoms with E-state index in [1.54, 1.807) is 24.0 Å². The van der Waals surface area contributed by atoms with Crippen LogP contribution in [0.25, 0.3) is 0 Å². The van der Waals surface area contributed by atoms with Gasteiger partial charge in [-0.2, -0.15) is 5.26 Å². The first-order valence-electron chi connectivity index (χ1n) is 7.28. The molecule has 1 aromatic rings. The third kappa shape index (κ3) is 3.88. The molecule has 0 radical (unpaired) electrons. The largest absolute Gasteiger partial charge is 0.334 e. The van der Waals surface area contributed by atoms with Crippen LogP contribution in [-0.2, 0) is 4.79 Å². The summed E-state index contributed by atoms with van der Waals surface area (Å²) in [6, 6.07) is 5.13. The number of nitrogens with zero attached hydrogens (tertiary/aromatic N) is 3. The first-order valence-corrected chi connectivity index (χ1v) is 7.28. The van der Waals surface area contributed by atoms with Gasteiger partial charge in [0.2, 0.25) is 0 Å². The lowest BCUT2D eigenvalue weighted by Gasteiger charge is -2.29. The molecule has 21 heavy (non-hydrogen) atoms. The molecule has 2 rings (SSSR count). The first-order chi connectivity index (χ1) is 10.1. The number of rotatable bonds is 3. The van der Waals surface area contributed by atoms with Gasteiger partial charge in [0.05, 0.1) is 5.56 Å². The Morgan fingerprint density at radius 1 is 1.38 bits per heavy atom. The molecule has 5 nitrogen and oxygen atoms in total. The van der Waals surface area contributed by atoms with Crippen LogP contribution in [0.4, 0.5) is 0 Å². The fourth-order valence-corrected chi connectivity index (χ4v) is 2.72. The van der Waals surface area contributed by atoms with E-state index in [0.29, 0.717) is 24.2 Å². The summed E-state index contributed by atoms with van der Waals surface area (Å²) in [5.41, 5.74) is 0.771. The highest BCUT2D eigenvalue weighted by Gasteiger charge is 2.27. The standard InChI is InChI=1S/C16H19N3O2/c1-12(20)9-14-5-3-2-4-8-19(14)16(21)15-7-6-13(10-17)11-18-15/h6-7,11,14H,2-5,8-9H2,1H3. The molecule has 0 aromatic carbocycles. The van der Waals surface area contributed by atoms with Crippen LogP contribution in [0, 0.1) is 11.3 Å². The van der Waals surface area contributed by atoms with Gasteiger partial charge in [-0.25, -0.2) is 4.98 Å². The number of nitriles is 1. The molecule has 0 aliphatic carbocycles. The second kappa shape index (κ2) is 6.98. The number of Topliss-reactive ketones (excluding diaryl/α,β-unsaturated/α-hetero) is 1. The van der Waals surface area contributed by atoms with Crippen LogP contribution in [-0.4, -0.2) is 34.2 Å². The maximum absolute atomic E-state index is 12.6. The molecule has 1 aliphatic heterocycles. The zero-order valence-electron chi connectivity index (χ0n) is 12.2. The van der Waals surface area contributed by atoms with E-state index in [9.17, 15) is 9.59 Å². The fraction of sp³-hybridized carbons (Fsp3) is 0.500. The summed E-state index contributed by atoms with van der Waals surface area (Å²) in [5.74, 6) is -0.0415. The van der Waals surface area contributed by atoms with E-state index >= 15 is 0 Å². The minimum absolute atomic E-state index is 0.0325. The van der Waals surface area contributed by atoms with Crippen LogP contribution in [0.1, 0.15) is 55.1 Å². The monoisotopic (exact) mass is 285 g/mol. The minimum Gasteiger partial charge on any atom is -0.334 e. The molecule has 1 aromatic heterocycles. The molecule has 1 unspecified atom stereocenters. The van der Waals surface area contributed by atoms with Crippen LogP contribution < -0.4 is 0 Å². The molecule has 0 bridgehead atoms. The quantitative estimate of drug-likeness (QED) is 0.854. The second-order valence-electron chi connectivity index (χ2n) is 5.45. The van der Waals surface area contributed by atoms with Gasteiger partial charge in [-0.3, -0.25) is 9.59 Å². The second-order valence-corrected chi connectivity index (χ2v) is 5.45. The lowest BCUT2D eigenvalue weighted by Crippen LogP contribution is -2.41. The van der Waals surface area contributed by atoms with Crippen molar-refractivity contribution in [2.75, 3.05) is 6.54 Å². The predicted molar refractivity (Wildman–Crippen MR) is 77.5 cm³/mol. The van der Waals surface area contributed by atoms with Crippen LogP contribution in [0.15, 0.2) is 18.3 Å². The van der Waals surface area contributed by atoms with E-state index in [-0.39, 0.29) is 17.7 Å². The Morgan fingerprint density at radius 3 is 2.81 bits per heavy atom. The van der Waals surface area contributed by atoms with Crippen molar-refractivity contribution in [3.8, 4) is 6.07 Å². The lowest BCUT2D eigenvalue weighted by atomic mass is 10.0. The Bertz CT molecular complexity index is 560. The number of pyridine rings is 1. The molecule has 0 spiro atoms. The average molecular weight is 285 g/mol. The first kappa shape index (κ1) is 15.2. The number of carbonyl (C=O) groups is 2. The lowest BCUT2D eigenvalue weighted by molar-refractivity contribution is -0.118. The highest BCUT2D eigenvalue weighted by molar-refractivity contribution is 5.93. The summed E-state index contributed by atoms with van der Waals surface area (Å²) in [6.45, 7) is 2.23. The van der Waals surface area contributed by atoms with Gasteiger partial charge >= 0.3 is 0 Å². The third-order valence-corrected chi connectivity index (χ3v) is 3.77. The van der Waals surface area contributed by atoms with Gasteiger partial charge < -0.3 is 4.90 Å². The molecule has 1 amide bonds. The molecular weight excluding hydrogens is 266 g/mol. The summed E-state index contributed by atoms with van der Waals surface area (Å²) in [7, 11) is 0. The van der Waals surface area contributed by atoms with Gasteiger partial charge in [-0.05, 0) is 31.9 Å². The van der Waals surface area contributed by atoms with E-state index < -0.39 is 0 Å². The van der Waals surface area contributed by atoms with Gasteiger partial charge in [0.15, 0.2) is 0 Å². The summed E-state index contributed by atoms with van der Waals surface area (Å²) in [4.78, 5) is 29.9. The van der Waals surface area contributed by atoms with Crippen LogP contribution in [0.2, 0.25) is 0 Å². The van der Waals surface area contributed by atoms with Crippen molar-refractivity contribution in [3.05, 3.63) is 29.6 Å². The molecule has 1 atom stereocenters. The molecule has 2 heterocycles. The molecule has 0 saturated carbocycles. The molecule has 1 aliphatic rings. The average Bonchev–Trinajstić information content (AvgIpc) is 2.71. The van der Waals surface area contributed by atoms with Crippen molar-refractivity contribution in [3.63, 3.8) is 0 Å². The maximum Gasteiger partial charge on any atom is 0.272 e. The number of carbonyl (C=O) groups excluding carboxylic acids is 2. The normalized spacial score (nSPS) is 18.7. The molecule has 0 N–H and O–H groups in total. The van der Waals surface area contributed by atoms with Crippen molar-refractivity contribution in [2.45, 2.75) is 45.1 Å². The fourth-order valence-electron chi connectivity index (χ4n) is 2.72. The molecule has 5 heteroatoms. The highest BCUT2D eigenvalue weighted by Crippen LogP contribution is 2.21. The maximum atomic E-state index is 12.6. The van der Waals surface area contributed by atoms with Gasteiger partial charge in [-0.1, -0.05) is 12.8 Å². The molecule has 1 saturated heterocycles. The number of ketones is 1. The predicted octanol–water partition coefficient (Wildman–Crippen LogP) is 2.32. The Morgan fingerprint density at radius 2 is 2.19 bits per heavy atom. The van der Waals surface area contributed by atoms with Crippen molar-refractivity contribution < 1.29 is 9.59 Å². The van der Waals surface area contributed by atoms with E-state index in [1.165, 1.54) is 6.20 Å².